The molecular weight excluding hydrogens is 176 g/mol. The lowest BCUT2D eigenvalue weighted by Crippen LogP contribution is -2.26. The van der Waals surface area contributed by atoms with E-state index in [0.717, 1.165) is 16.5 Å². The molecular formula is C11H12N2O. The first kappa shape index (κ1) is 8.99. The smallest absolute Gasteiger partial charge is 0.134 e. The molecule has 1 unspecified atom stereocenters. The zero-order chi connectivity index (χ0) is 9.97. The first-order chi connectivity index (χ1) is 6.86. The first-order valence-corrected chi connectivity index (χ1v) is 4.41. The van der Waals surface area contributed by atoms with Crippen molar-refractivity contribution < 1.29 is 4.42 Å². The van der Waals surface area contributed by atoms with Gasteiger partial charge in [-0.2, -0.15) is 0 Å². The van der Waals surface area contributed by atoms with Crippen LogP contribution in [-0.4, -0.2) is 0 Å². The van der Waals surface area contributed by atoms with Gasteiger partial charge in [0.15, 0.2) is 0 Å². The lowest BCUT2D eigenvalue weighted by molar-refractivity contribution is 0.592. The van der Waals surface area contributed by atoms with Crippen molar-refractivity contribution in [2.75, 3.05) is 0 Å². The van der Waals surface area contributed by atoms with E-state index in [-0.39, 0.29) is 6.04 Å². The molecule has 1 aromatic carbocycles. The number of benzene rings is 1. The van der Waals surface area contributed by atoms with Crippen LogP contribution in [0.25, 0.3) is 11.0 Å². The van der Waals surface area contributed by atoms with Gasteiger partial charge < -0.3 is 4.42 Å². The van der Waals surface area contributed by atoms with Crippen LogP contribution in [0.4, 0.5) is 0 Å². The fourth-order valence-electron chi connectivity index (χ4n) is 1.52. The van der Waals surface area contributed by atoms with Gasteiger partial charge >= 0.3 is 0 Å². The molecule has 0 aliphatic heterocycles. The van der Waals surface area contributed by atoms with Gasteiger partial charge in [0.2, 0.25) is 0 Å². The highest BCUT2D eigenvalue weighted by molar-refractivity contribution is 5.81. The van der Waals surface area contributed by atoms with Gasteiger partial charge in [-0.1, -0.05) is 24.3 Å². The third-order valence-corrected chi connectivity index (χ3v) is 2.26. The standard InChI is InChI=1S/C11H12N2O/c1-2-10(13-12)9-7-14-11-6-4-3-5-8(9)11/h2-7,10,13H,1,12H2. The average Bonchev–Trinajstić information content (AvgIpc) is 2.65. The SMILES string of the molecule is C=CC(NN)c1coc2ccccc12. The summed E-state index contributed by atoms with van der Waals surface area (Å²) in [6.07, 6.45) is 3.45. The van der Waals surface area contributed by atoms with E-state index in [4.69, 9.17) is 10.3 Å². The molecule has 3 N–H and O–H groups in total. The molecule has 0 amide bonds. The van der Waals surface area contributed by atoms with Crippen LogP contribution in [0.3, 0.4) is 0 Å². The molecule has 72 valence electrons. The van der Waals surface area contributed by atoms with E-state index in [9.17, 15) is 0 Å². The summed E-state index contributed by atoms with van der Waals surface area (Å²) in [5, 5.41) is 1.07. The fraction of sp³-hybridized carbons (Fsp3) is 0.0909. The molecule has 0 aliphatic carbocycles. The van der Waals surface area contributed by atoms with Crippen LogP contribution in [0, 0.1) is 0 Å². The summed E-state index contributed by atoms with van der Waals surface area (Å²) in [7, 11) is 0. The maximum atomic E-state index is 5.40. The summed E-state index contributed by atoms with van der Waals surface area (Å²) in [6.45, 7) is 3.71. The van der Waals surface area contributed by atoms with Crippen molar-refractivity contribution >= 4 is 11.0 Å². The van der Waals surface area contributed by atoms with Gasteiger partial charge in [-0.3, -0.25) is 5.84 Å². The second kappa shape index (κ2) is 3.65. The average molecular weight is 188 g/mol. The highest BCUT2D eigenvalue weighted by Gasteiger charge is 2.11. The predicted octanol–water partition coefficient (Wildman–Crippen LogP) is 2.12. The summed E-state index contributed by atoms with van der Waals surface area (Å²) in [5.41, 5.74) is 4.55. The molecule has 0 saturated carbocycles. The summed E-state index contributed by atoms with van der Waals surface area (Å²) in [4.78, 5) is 0. The quantitative estimate of drug-likeness (QED) is 0.440. The number of hydrogen-bond donors (Lipinski definition) is 2. The molecule has 3 nitrogen and oxygen atoms in total. The molecule has 0 saturated heterocycles. The molecule has 2 aromatic rings. The highest BCUT2D eigenvalue weighted by atomic mass is 16.3. The van der Waals surface area contributed by atoms with E-state index >= 15 is 0 Å². The van der Waals surface area contributed by atoms with E-state index in [0.29, 0.717) is 0 Å². The number of hydrazine groups is 1. The molecule has 0 bridgehead atoms. The molecule has 0 fully saturated rings. The molecule has 0 spiro atoms. The Balaban J connectivity index is 2.57. The van der Waals surface area contributed by atoms with Gasteiger partial charge in [0, 0.05) is 10.9 Å². The molecule has 0 aliphatic rings. The zero-order valence-corrected chi connectivity index (χ0v) is 7.73. The molecule has 1 heterocycles. The van der Waals surface area contributed by atoms with Crippen molar-refractivity contribution in [2.24, 2.45) is 5.84 Å². The number of rotatable bonds is 3. The monoisotopic (exact) mass is 188 g/mol. The van der Waals surface area contributed by atoms with Crippen molar-refractivity contribution in [3.05, 3.63) is 48.7 Å². The Morgan fingerprint density at radius 2 is 2.21 bits per heavy atom. The van der Waals surface area contributed by atoms with E-state index in [1.54, 1.807) is 12.3 Å². The first-order valence-electron chi connectivity index (χ1n) is 4.41. The third-order valence-electron chi connectivity index (χ3n) is 2.26. The number of hydrogen-bond acceptors (Lipinski definition) is 3. The maximum Gasteiger partial charge on any atom is 0.134 e. The molecule has 0 radical (unpaired) electrons. The summed E-state index contributed by atoms with van der Waals surface area (Å²) in [6, 6.07) is 7.77. The van der Waals surface area contributed by atoms with Crippen LogP contribution in [0.1, 0.15) is 11.6 Å². The Hall–Kier alpha value is -1.58. The van der Waals surface area contributed by atoms with E-state index in [1.807, 2.05) is 24.3 Å². The van der Waals surface area contributed by atoms with Crippen LogP contribution in [-0.2, 0) is 0 Å². The second-order valence-corrected chi connectivity index (χ2v) is 3.07. The highest BCUT2D eigenvalue weighted by Crippen LogP contribution is 2.26. The van der Waals surface area contributed by atoms with E-state index in [1.165, 1.54) is 0 Å². The molecule has 1 aromatic heterocycles. The van der Waals surface area contributed by atoms with Crippen LogP contribution < -0.4 is 11.3 Å². The lowest BCUT2D eigenvalue weighted by Gasteiger charge is -2.08. The maximum absolute atomic E-state index is 5.40. The molecule has 14 heavy (non-hydrogen) atoms. The van der Waals surface area contributed by atoms with Gasteiger partial charge in [-0.05, 0) is 6.07 Å². The van der Waals surface area contributed by atoms with Gasteiger partial charge in [-0.25, -0.2) is 5.43 Å². The van der Waals surface area contributed by atoms with E-state index < -0.39 is 0 Å². The number of nitrogens with two attached hydrogens (primary N) is 1. The van der Waals surface area contributed by atoms with E-state index in [2.05, 4.69) is 12.0 Å². The van der Waals surface area contributed by atoms with Crippen molar-refractivity contribution in [3.8, 4) is 0 Å². The van der Waals surface area contributed by atoms with Gasteiger partial charge in [-0.15, -0.1) is 6.58 Å². The van der Waals surface area contributed by atoms with Crippen molar-refractivity contribution in [2.45, 2.75) is 6.04 Å². The molecule has 2 rings (SSSR count). The van der Waals surface area contributed by atoms with Crippen molar-refractivity contribution in [1.29, 1.82) is 0 Å². The van der Waals surface area contributed by atoms with Gasteiger partial charge in [0.05, 0.1) is 12.3 Å². The zero-order valence-electron chi connectivity index (χ0n) is 7.73. The second-order valence-electron chi connectivity index (χ2n) is 3.07. The van der Waals surface area contributed by atoms with Crippen molar-refractivity contribution in [3.63, 3.8) is 0 Å². The van der Waals surface area contributed by atoms with Crippen molar-refractivity contribution in [1.82, 2.24) is 5.43 Å². The summed E-state index contributed by atoms with van der Waals surface area (Å²) in [5.74, 6) is 5.40. The topological polar surface area (TPSA) is 51.2 Å². The van der Waals surface area contributed by atoms with Gasteiger partial charge in [0.1, 0.15) is 5.58 Å². The summed E-state index contributed by atoms with van der Waals surface area (Å²) >= 11 is 0. The number of furan rings is 1. The Labute approximate surface area is 82.2 Å². The fourth-order valence-corrected chi connectivity index (χ4v) is 1.52. The van der Waals surface area contributed by atoms with Crippen LogP contribution >= 0.6 is 0 Å². The minimum atomic E-state index is -0.0707. The Morgan fingerprint density at radius 1 is 1.43 bits per heavy atom. The van der Waals surface area contributed by atoms with Crippen LogP contribution in [0.2, 0.25) is 0 Å². The number of fused-ring (bicyclic) bond motifs is 1. The Morgan fingerprint density at radius 3 is 2.93 bits per heavy atom. The lowest BCUT2D eigenvalue weighted by atomic mass is 10.1. The minimum absolute atomic E-state index is 0.0707. The largest absolute Gasteiger partial charge is 0.464 e. The Kier molecular flexibility index (Phi) is 2.35. The van der Waals surface area contributed by atoms with Gasteiger partial charge in [0.25, 0.3) is 0 Å². The minimum Gasteiger partial charge on any atom is -0.464 e. The normalized spacial score (nSPS) is 12.9. The Bertz CT molecular complexity index is 447. The third kappa shape index (κ3) is 1.32. The number of nitrogens with one attached hydrogen (secondary N) is 1. The molecule has 1 atom stereocenters. The summed E-state index contributed by atoms with van der Waals surface area (Å²) < 4.78 is 5.39. The number of para-hydroxylation sites is 1. The molecule has 3 heteroatoms. The van der Waals surface area contributed by atoms with Crippen LogP contribution in [0.15, 0.2) is 47.6 Å². The van der Waals surface area contributed by atoms with Crippen LogP contribution in [0.5, 0.6) is 0 Å². The predicted molar refractivity (Wildman–Crippen MR) is 56.5 cm³/mol.